The number of aryl methyl sites for hydroxylation is 2. The van der Waals surface area contributed by atoms with Crippen molar-refractivity contribution in [2.24, 2.45) is 0 Å². The molecule has 1 aliphatic heterocycles. The molecule has 0 aromatic heterocycles. The van der Waals surface area contributed by atoms with Crippen LogP contribution in [-0.4, -0.2) is 24.5 Å². The summed E-state index contributed by atoms with van der Waals surface area (Å²) in [6, 6.07) is 21.0. The maximum atomic E-state index is 12.9. The summed E-state index contributed by atoms with van der Waals surface area (Å²) in [6.45, 7) is 6.16. The number of hydrogen-bond donors (Lipinski definition) is 1. The van der Waals surface area contributed by atoms with Crippen LogP contribution in [0.3, 0.4) is 0 Å². The zero-order chi connectivity index (χ0) is 23.4. The fourth-order valence-electron chi connectivity index (χ4n) is 3.81. The van der Waals surface area contributed by atoms with E-state index >= 15 is 0 Å². The minimum atomic E-state index is -0.575. The molecule has 0 aliphatic carbocycles. The van der Waals surface area contributed by atoms with Crippen molar-refractivity contribution in [1.82, 2.24) is 0 Å². The number of benzene rings is 3. The maximum Gasteiger partial charge on any atom is 0.268 e. The summed E-state index contributed by atoms with van der Waals surface area (Å²) in [5.41, 5.74) is 4.53. The highest BCUT2D eigenvalue weighted by Crippen LogP contribution is 2.37. The third-order valence-electron chi connectivity index (χ3n) is 5.72. The Kier molecular flexibility index (Phi) is 6.63. The van der Waals surface area contributed by atoms with Crippen LogP contribution in [0.25, 0.3) is 0 Å². The van der Waals surface area contributed by atoms with Crippen molar-refractivity contribution in [2.75, 3.05) is 16.8 Å². The Morgan fingerprint density at radius 1 is 1.09 bits per heavy atom. The summed E-state index contributed by atoms with van der Waals surface area (Å²) in [7, 11) is 0. The summed E-state index contributed by atoms with van der Waals surface area (Å²) in [5.74, 6) is 0.876. The number of amides is 2. The Bertz CT molecular complexity index is 1170. The third kappa shape index (κ3) is 5.17. The largest absolute Gasteiger partial charge is 0.484 e. The van der Waals surface area contributed by atoms with Gasteiger partial charge in [-0.05, 0) is 67.3 Å². The van der Waals surface area contributed by atoms with Gasteiger partial charge in [-0.2, -0.15) is 0 Å². The second-order valence-corrected chi connectivity index (χ2v) is 8.13. The Morgan fingerprint density at radius 3 is 2.70 bits per heavy atom. The molecule has 1 unspecified atom stereocenters. The zero-order valence-corrected chi connectivity index (χ0v) is 19.1. The zero-order valence-electron chi connectivity index (χ0n) is 19.1. The van der Waals surface area contributed by atoms with E-state index in [0.29, 0.717) is 29.4 Å². The number of carbonyl (C=O) groups is 2. The van der Waals surface area contributed by atoms with Gasteiger partial charge in [-0.3, -0.25) is 9.59 Å². The van der Waals surface area contributed by atoms with E-state index in [1.54, 1.807) is 30.0 Å². The lowest BCUT2D eigenvalue weighted by Gasteiger charge is -2.33. The molecule has 0 saturated heterocycles. The molecule has 0 fully saturated rings. The minimum Gasteiger partial charge on any atom is -0.484 e. The molecule has 33 heavy (non-hydrogen) atoms. The van der Waals surface area contributed by atoms with E-state index in [9.17, 15) is 9.59 Å². The van der Waals surface area contributed by atoms with Crippen LogP contribution in [-0.2, 0) is 22.6 Å². The average molecular weight is 445 g/mol. The lowest BCUT2D eigenvalue weighted by molar-refractivity contribution is -0.125. The molecule has 1 atom stereocenters. The number of hydrogen-bond acceptors (Lipinski definition) is 4. The van der Waals surface area contributed by atoms with Crippen molar-refractivity contribution < 1.29 is 19.1 Å². The predicted molar refractivity (Wildman–Crippen MR) is 129 cm³/mol. The van der Waals surface area contributed by atoms with Crippen molar-refractivity contribution in [1.29, 1.82) is 0 Å². The smallest absolute Gasteiger partial charge is 0.268 e. The molecule has 0 saturated carbocycles. The highest BCUT2D eigenvalue weighted by atomic mass is 16.5. The molecule has 1 N–H and O–H groups in total. The van der Waals surface area contributed by atoms with Crippen LogP contribution in [0.15, 0.2) is 66.7 Å². The van der Waals surface area contributed by atoms with Crippen molar-refractivity contribution in [3.63, 3.8) is 0 Å². The van der Waals surface area contributed by atoms with Crippen LogP contribution in [0.2, 0.25) is 0 Å². The van der Waals surface area contributed by atoms with Crippen molar-refractivity contribution in [3.05, 3.63) is 83.4 Å². The monoisotopic (exact) mass is 444 g/mol. The Hall–Kier alpha value is -3.80. The summed E-state index contributed by atoms with van der Waals surface area (Å²) in [5, 5.41) is 2.86. The number of anilines is 2. The number of carbonyl (C=O) groups excluding carboxylic acids is 2. The van der Waals surface area contributed by atoms with Gasteiger partial charge in [-0.15, -0.1) is 0 Å². The fraction of sp³-hybridized carbons (Fsp3) is 0.259. The molecule has 1 heterocycles. The molecule has 0 bridgehead atoms. The predicted octanol–water partition coefficient (Wildman–Crippen LogP) is 4.89. The van der Waals surface area contributed by atoms with Gasteiger partial charge in [-0.25, -0.2) is 0 Å². The first-order valence-corrected chi connectivity index (χ1v) is 11.1. The molecule has 1 aliphatic rings. The summed E-state index contributed by atoms with van der Waals surface area (Å²) in [4.78, 5) is 27.2. The lowest BCUT2D eigenvalue weighted by Crippen LogP contribution is -2.44. The highest BCUT2D eigenvalue weighted by molar-refractivity contribution is 6.01. The van der Waals surface area contributed by atoms with E-state index in [-0.39, 0.29) is 18.4 Å². The minimum absolute atomic E-state index is 0.107. The van der Waals surface area contributed by atoms with Gasteiger partial charge in [0.1, 0.15) is 11.5 Å². The topological polar surface area (TPSA) is 67.9 Å². The van der Waals surface area contributed by atoms with Gasteiger partial charge in [0.2, 0.25) is 0 Å². The quantitative estimate of drug-likeness (QED) is 0.564. The molecule has 2 amide bonds. The molecule has 6 heteroatoms. The maximum absolute atomic E-state index is 12.9. The second-order valence-electron chi connectivity index (χ2n) is 8.13. The SMILES string of the molecule is CCc1cccc(OCC(=O)Nc2ccc3c(c2)N(Cc2ccccc2C)C(=O)C(C)O3)c1. The third-order valence-corrected chi connectivity index (χ3v) is 5.72. The van der Waals surface area contributed by atoms with Crippen molar-refractivity contribution in [3.8, 4) is 11.5 Å². The fourth-order valence-corrected chi connectivity index (χ4v) is 3.81. The van der Waals surface area contributed by atoms with Crippen LogP contribution in [0.1, 0.15) is 30.5 Å². The summed E-state index contributed by atoms with van der Waals surface area (Å²) in [6.07, 6.45) is 0.325. The average Bonchev–Trinajstić information content (AvgIpc) is 2.82. The van der Waals surface area contributed by atoms with Crippen molar-refractivity contribution in [2.45, 2.75) is 39.8 Å². The number of fused-ring (bicyclic) bond motifs is 1. The molecule has 4 rings (SSSR count). The number of ether oxygens (including phenoxy) is 2. The Balaban J connectivity index is 1.49. The van der Waals surface area contributed by atoms with E-state index in [4.69, 9.17) is 9.47 Å². The van der Waals surface area contributed by atoms with Crippen molar-refractivity contribution >= 4 is 23.2 Å². The van der Waals surface area contributed by atoms with E-state index < -0.39 is 6.10 Å². The van der Waals surface area contributed by atoms with Gasteiger partial charge in [0.05, 0.1) is 12.2 Å². The standard InChI is InChI=1S/C27H28N2O4/c1-4-20-9-7-11-23(14-20)32-17-26(30)28-22-12-13-25-24(15-22)29(27(31)19(3)33-25)16-21-10-6-5-8-18(21)2/h5-15,19H,4,16-17H2,1-3H3,(H,28,30). The van der Waals surface area contributed by atoms with Crippen LogP contribution >= 0.6 is 0 Å². The Labute approximate surface area is 194 Å². The van der Waals surface area contributed by atoms with Gasteiger partial charge in [-0.1, -0.05) is 43.3 Å². The van der Waals surface area contributed by atoms with Gasteiger partial charge in [0.15, 0.2) is 12.7 Å². The lowest BCUT2D eigenvalue weighted by atomic mass is 10.1. The molecular weight excluding hydrogens is 416 g/mol. The highest BCUT2D eigenvalue weighted by Gasteiger charge is 2.32. The first-order valence-electron chi connectivity index (χ1n) is 11.1. The first kappa shape index (κ1) is 22.4. The van der Waals surface area contributed by atoms with Crippen LogP contribution < -0.4 is 19.7 Å². The number of nitrogens with zero attached hydrogens (tertiary/aromatic N) is 1. The molecule has 3 aromatic carbocycles. The van der Waals surface area contributed by atoms with E-state index in [0.717, 1.165) is 23.1 Å². The molecule has 3 aromatic rings. The molecule has 0 spiro atoms. The normalized spacial score (nSPS) is 14.9. The van der Waals surface area contributed by atoms with E-state index in [2.05, 4.69) is 12.2 Å². The first-order chi connectivity index (χ1) is 15.9. The van der Waals surface area contributed by atoms with E-state index in [1.165, 1.54) is 0 Å². The van der Waals surface area contributed by atoms with E-state index in [1.807, 2.05) is 55.5 Å². The summed E-state index contributed by atoms with van der Waals surface area (Å²) >= 11 is 0. The molecule has 6 nitrogen and oxygen atoms in total. The van der Waals surface area contributed by atoms with Gasteiger partial charge >= 0.3 is 0 Å². The van der Waals surface area contributed by atoms with Crippen LogP contribution in [0.4, 0.5) is 11.4 Å². The molecule has 0 radical (unpaired) electrons. The second kappa shape index (κ2) is 9.77. The number of nitrogens with one attached hydrogen (secondary N) is 1. The molecular formula is C27H28N2O4. The van der Waals surface area contributed by atoms with Gasteiger partial charge < -0.3 is 19.7 Å². The van der Waals surface area contributed by atoms with Crippen LogP contribution in [0.5, 0.6) is 11.5 Å². The Morgan fingerprint density at radius 2 is 1.91 bits per heavy atom. The van der Waals surface area contributed by atoms with Gasteiger partial charge in [0.25, 0.3) is 11.8 Å². The number of rotatable bonds is 7. The van der Waals surface area contributed by atoms with Gasteiger partial charge in [0, 0.05) is 5.69 Å². The molecule has 170 valence electrons. The summed E-state index contributed by atoms with van der Waals surface area (Å²) < 4.78 is 11.4. The van der Waals surface area contributed by atoms with Crippen LogP contribution in [0, 0.1) is 6.92 Å².